The number of hydrogen-bond donors (Lipinski definition) is 1. The van der Waals surface area contributed by atoms with Crippen molar-refractivity contribution in [2.75, 3.05) is 5.32 Å². The van der Waals surface area contributed by atoms with Crippen LogP contribution >= 0.6 is 0 Å². The summed E-state index contributed by atoms with van der Waals surface area (Å²) < 4.78 is 22.2. The number of anilines is 1. The SMILES string of the molecule is Cc1ccccc1OCn1ccc(C(=O)Nc2ccn(Cc3cccc(F)c3)n2)n1. The van der Waals surface area contributed by atoms with Gasteiger partial charge >= 0.3 is 0 Å². The van der Waals surface area contributed by atoms with E-state index in [2.05, 4.69) is 15.5 Å². The Kier molecular flexibility index (Phi) is 5.56. The minimum Gasteiger partial charge on any atom is -0.471 e. The molecule has 2 aromatic heterocycles. The molecule has 0 fully saturated rings. The van der Waals surface area contributed by atoms with E-state index in [0.717, 1.165) is 16.9 Å². The third kappa shape index (κ3) is 4.72. The molecule has 1 N–H and O–H groups in total. The molecule has 152 valence electrons. The molecule has 0 radical (unpaired) electrons. The molecule has 7 nitrogen and oxygen atoms in total. The summed E-state index contributed by atoms with van der Waals surface area (Å²) in [6.45, 7) is 2.56. The molecule has 0 aliphatic carbocycles. The third-order valence-electron chi connectivity index (χ3n) is 4.44. The predicted octanol–water partition coefficient (Wildman–Crippen LogP) is 3.86. The van der Waals surface area contributed by atoms with E-state index in [-0.39, 0.29) is 24.1 Å². The molecule has 0 unspecified atom stereocenters. The van der Waals surface area contributed by atoms with Gasteiger partial charge in [0, 0.05) is 18.5 Å². The average Bonchev–Trinajstić information content (AvgIpc) is 3.37. The molecule has 0 bridgehead atoms. The zero-order valence-corrected chi connectivity index (χ0v) is 16.3. The van der Waals surface area contributed by atoms with Gasteiger partial charge in [-0.15, -0.1) is 0 Å². The van der Waals surface area contributed by atoms with Crippen molar-refractivity contribution in [3.63, 3.8) is 0 Å². The summed E-state index contributed by atoms with van der Waals surface area (Å²) in [5, 5.41) is 11.2. The van der Waals surface area contributed by atoms with Gasteiger partial charge in [0.05, 0.1) is 6.54 Å². The molecule has 30 heavy (non-hydrogen) atoms. The first kappa shape index (κ1) is 19.4. The van der Waals surface area contributed by atoms with Crippen LogP contribution in [0.3, 0.4) is 0 Å². The highest BCUT2D eigenvalue weighted by atomic mass is 19.1. The van der Waals surface area contributed by atoms with E-state index < -0.39 is 0 Å². The van der Waals surface area contributed by atoms with Crippen LogP contribution in [-0.2, 0) is 13.3 Å². The van der Waals surface area contributed by atoms with Gasteiger partial charge in [0.25, 0.3) is 5.91 Å². The molecule has 4 aromatic rings. The lowest BCUT2D eigenvalue weighted by atomic mass is 10.2. The Morgan fingerprint density at radius 2 is 1.87 bits per heavy atom. The first-order chi connectivity index (χ1) is 14.6. The van der Waals surface area contributed by atoms with Crippen molar-refractivity contribution in [2.45, 2.75) is 20.2 Å². The maximum atomic E-state index is 13.3. The lowest BCUT2D eigenvalue weighted by Crippen LogP contribution is -2.15. The number of amides is 1. The van der Waals surface area contributed by atoms with Crippen LogP contribution in [0.2, 0.25) is 0 Å². The van der Waals surface area contributed by atoms with Gasteiger partial charge in [-0.25, -0.2) is 9.07 Å². The molecule has 0 atom stereocenters. The molecule has 4 rings (SSSR count). The number of carbonyl (C=O) groups excluding carboxylic acids is 1. The van der Waals surface area contributed by atoms with Crippen LogP contribution < -0.4 is 10.1 Å². The van der Waals surface area contributed by atoms with Gasteiger partial charge in [-0.2, -0.15) is 10.2 Å². The van der Waals surface area contributed by atoms with Crippen molar-refractivity contribution < 1.29 is 13.9 Å². The van der Waals surface area contributed by atoms with Crippen LogP contribution in [0.1, 0.15) is 21.6 Å². The van der Waals surface area contributed by atoms with Crippen LogP contribution in [0, 0.1) is 12.7 Å². The van der Waals surface area contributed by atoms with E-state index in [4.69, 9.17) is 4.74 Å². The summed E-state index contributed by atoms with van der Waals surface area (Å²) in [4.78, 5) is 12.4. The van der Waals surface area contributed by atoms with Crippen molar-refractivity contribution in [1.29, 1.82) is 0 Å². The number of nitrogens with zero attached hydrogens (tertiary/aromatic N) is 4. The van der Waals surface area contributed by atoms with Gasteiger partial charge in [-0.1, -0.05) is 30.3 Å². The molecular weight excluding hydrogens is 385 g/mol. The summed E-state index contributed by atoms with van der Waals surface area (Å²) in [5.41, 5.74) is 2.06. The summed E-state index contributed by atoms with van der Waals surface area (Å²) in [6.07, 6.45) is 3.39. The van der Waals surface area contributed by atoms with Gasteiger partial charge in [0.15, 0.2) is 18.2 Å². The molecule has 0 saturated heterocycles. The van der Waals surface area contributed by atoms with E-state index in [1.807, 2.05) is 37.3 Å². The lowest BCUT2D eigenvalue weighted by Gasteiger charge is -2.08. The number of nitrogens with one attached hydrogen (secondary N) is 1. The zero-order valence-electron chi connectivity index (χ0n) is 16.3. The number of hydrogen-bond acceptors (Lipinski definition) is 4. The van der Waals surface area contributed by atoms with Crippen molar-refractivity contribution >= 4 is 11.7 Å². The van der Waals surface area contributed by atoms with Crippen molar-refractivity contribution in [1.82, 2.24) is 19.6 Å². The number of benzene rings is 2. The predicted molar refractivity (Wildman–Crippen MR) is 110 cm³/mol. The first-order valence-electron chi connectivity index (χ1n) is 9.38. The molecule has 2 heterocycles. The average molecular weight is 405 g/mol. The molecule has 0 saturated carbocycles. The summed E-state index contributed by atoms with van der Waals surface area (Å²) in [7, 11) is 0. The second kappa shape index (κ2) is 8.60. The van der Waals surface area contributed by atoms with Crippen LogP contribution in [0.15, 0.2) is 73.1 Å². The van der Waals surface area contributed by atoms with Gasteiger partial charge in [-0.3, -0.25) is 9.48 Å². The Bertz CT molecular complexity index is 1170. The maximum absolute atomic E-state index is 13.3. The van der Waals surface area contributed by atoms with Crippen LogP contribution in [0.25, 0.3) is 0 Å². The second-order valence-corrected chi connectivity index (χ2v) is 6.76. The Morgan fingerprint density at radius 3 is 2.70 bits per heavy atom. The fraction of sp³-hybridized carbons (Fsp3) is 0.136. The maximum Gasteiger partial charge on any atom is 0.277 e. The number of carbonyl (C=O) groups is 1. The summed E-state index contributed by atoms with van der Waals surface area (Å²) in [5.74, 6) is 0.487. The Morgan fingerprint density at radius 1 is 1.03 bits per heavy atom. The highest BCUT2D eigenvalue weighted by Crippen LogP contribution is 2.16. The van der Waals surface area contributed by atoms with E-state index >= 15 is 0 Å². The highest BCUT2D eigenvalue weighted by Gasteiger charge is 2.12. The fourth-order valence-electron chi connectivity index (χ4n) is 2.93. The number of para-hydroxylation sites is 1. The topological polar surface area (TPSA) is 74.0 Å². The van der Waals surface area contributed by atoms with Crippen LogP contribution in [0.4, 0.5) is 10.2 Å². The van der Waals surface area contributed by atoms with Gasteiger partial charge in [0.2, 0.25) is 0 Å². The number of halogens is 1. The highest BCUT2D eigenvalue weighted by molar-refractivity contribution is 6.02. The zero-order chi connectivity index (χ0) is 20.9. The van der Waals surface area contributed by atoms with E-state index in [1.54, 1.807) is 40.0 Å². The summed E-state index contributed by atoms with van der Waals surface area (Å²) in [6, 6.07) is 17.3. The Labute approximate surface area is 172 Å². The number of aromatic nitrogens is 4. The largest absolute Gasteiger partial charge is 0.471 e. The molecule has 8 heteroatoms. The van der Waals surface area contributed by atoms with Crippen molar-refractivity contribution in [2.24, 2.45) is 0 Å². The molecule has 0 aliphatic rings. The van der Waals surface area contributed by atoms with Gasteiger partial charge in [0.1, 0.15) is 11.6 Å². The normalized spacial score (nSPS) is 10.7. The van der Waals surface area contributed by atoms with Crippen LogP contribution in [-0.4, -0.2) is 25.5 Å². The molecule has 1 amide bonds. The number of aryl methyl sites for hydroxylation is 1. The summed E-state index contributed by atoms with van der Waals surface area (Å²) >= 11 is 0. The van der Waals surface area contributed by atoms with E-state index in [9.17, 15) is 9.18 Å². The van der Waals surface area contributed by atoms with Crippen LogP contribution in [0.5, 0.6) is 5.75 Å². The lowest BCUT2D eigenvalue weighted by molar-refractivity contribution is 0.101. The number of rotatable bonds is 7. The smallest absolute Gasteiger partial charge is 0.277 e. The molecule has 0 aliphatic heterocycles. The first-order valence-corrected chi connectivity index (χ1v) is 9.38. The quantitative estimate of drug-likeness (QED) is 0.507. The fourth-order valence-corrected chi connectivity index (χ4v) is 2.93. The third-order valence-corrected chi connectivity index (χ3v) is 4.44. The monoisotopic (exact) mass is 405 g/mol. The van der Waals surface area contributed by atoms with E-state index in [1.165, 1.54) is 12.1 Å². The van der Waals surface area contributed by atoms with Crippen molar-refractivity contribution in [3.05, 3.63) is 95.7 Å². The number of ether oxygens (including phenoxy) is 1. The van der Waals surface area contributed by atoms with Crippen molar-refractivity contribution in [3.8, 4) is 5.75 Å². The minimum atomic E-state index is -0.374. The Balaban J connectivity index is 1.34. The van der Waals surface area contributed by atoms with Gasteiger partial charge < -0.3 is 10.1 Å². The Hall–Kier alpha value is -3.94. The minimum absolute atomic E-state index is 0.195. The molecule has 2 aromatic carbocycles. The second-order valence-electron chi connectivity index (χ2n) is 6.76. The molecular formula is C22H20FN5O2. The van der Waals surface area contributed by atoms with E-state index in [0.29, 0.717) is 12.4 Å². The standard InChI is InChI=1S/C22H20FN5O2/c1-16-5-2-3-8-20(16)30-15-28-11-9-19(25-28)22(29)24-21-10-12-27(26-21)14-17-6-4-7-18(23)13-17/h2-13H,14-15H2,1H3,(H,24,26,29). The molecule has 0 spiro atoms. The van der Waals surface area contributed by atoms with Gasteiger partial charge in [-0.05, 0) is 42.3 Å².